The highest BCUT2D eigenvalue weighted by atomic mass is 28.3. The smallest absolute Gasteiger partial charge is 0.264 e. The van der Waals surface area contributed by atoms with E-state index >= 15 is 4.79 Å². The number of methoxy groups -OCH3 is 1. The van der Waals surface area contributed by atoms with Crippen LogP contribution in [0.25, 0.3) is 0 Å². The Balaban J connectivity index is 1.12. The van der Waals surface area contributed by atoms with E-state index in [0.29, 0.717) is 62.6 Å². The number of carbonyl (C=O) groups is 4. The van der Waals surface area contributed by atoms with Crippen molar-refractivity contribution in [2.24, 2.45) is 5.92 Å². The average molecular weight is 857 g/mol. The van der Waals surface area contributed by atoms with Crippen LogP contribution in [0.3, 0.4) is 0 Å². The number of nitrogens with one attached hydrogen (secondary N) is 2. The number of hydrogen-bond acceptors (Lipinski definition) is 9. The van der Waals surface area contributed by atoms with Gasteiger partial charge in [-0.1, -0.05) is 73.7 Å². The standard InChI is InChI=1S/C48H56N6O7Si/c1-31-46(62(3,4)39-16-14-38(60-2)15-17-39)42(25-43(56)53-29-34-8-6-5-7-33(34)23-37(53)30-55)61-48(31)40-24-36(52-22-20-50-27-45(52)58)13-18-41(40)54(47(48)59)28-32-9-11-35(12-10-32)51-21-19-49-26-44(51)57/h5-18,24,31,37,42,46,49-50,55H,19-23,25-30H2,1-4H3/t31-,37-,42+,46-,48+/m0/s1. The summed E-state index contributed by atoms with van der Waals surface area (Å²) in [5, 5.41) is 18.0. The Hall–Kier alpha value is -5.38. The third kappa shape index (κ3) is 7.21. The van der Waals surface area contributed by atoms with Gasteiger partial charge in [0.15, 0.2) is 5.60 Å². The summed E-state index contributed by atoms with van der Waals surface area (Å²) in [6.45, 7) is 10.1. The van der Waals surface area contributed by atoms with Crippen LogP contribution in [-0.2, 0) is 49.0 Å². The summed E-state index contributed by atoms with van der Waals surface area (Å²) in [5.41, 5.74) is 4.31. The van der Waals surface area contributed by atoms with E-state index in [4.69, 9.17) is 9.47 Å². The van der Waals surface area contributed by atoms with E-state index in [1.54, 1.807) is 26.7 Å². The number of aliphatic hydroxyl groups is 1. The molecule has 4 aromatic carbocycles. The average Bonchev–Trinajstić information content (AvgIpc) is 3.71. The number of nitrogens with zero attached hydrogens (tertiary/aromatic N) is 4. The second kappa shape index (κ2) is 16.7. The molecule has 5 aliphatic heterocycles. The van der Waals surface area contributed by atoms with Crippen LogP contribution in [0, 0.1) is 5.92 Å². The van der Waals surface area contributed by atoms with E-state index in [2.05, 4.69) is 48.9 Å². The number of carbonyl (C=O) groups excluding carboxylic acids is 4. The fraction of sp³-hybridized carbons (Fsp3) is 0.417. The van der Waals surface area contributed by atoms with Gasteiger partial charge in [0.05, 0.1) is 65.7 Å². The maximum absolute atomic E-state index is 15.7. The number of rotatable bonds is 10. The Bertz CT molecular complexity index is 2380. The van der Waals surface area contributed by atoms with Crippen molar-refractivity contribution in [2.75, 3.05) is 67.7 Å². The Morgan fingerprint density at radius 2 is 1.52 bits per heavy atom. The van der Waals surface area contributed by atoms with E-state index in [9.17, 15) is 19.5 Å². The van der Waals surface area contributed by atoms with Crippen LogP contribution in [0.15, 0.2) is 91.0 Å². The summed E-state index contributed by atoms with van der Waals surface area (Å²) in [6, 6.07) is 29.4. The first kappa shape index (κ1) is 41.9. The van der Waals surface area contributed by atoms with Crippen molar-refractivity contribution < 1.29 is 33.8 Å². The number of amides is 4. The van der Waals surface area contributed by atoms with Crippen LogP contribution in [0.1, 0.15) is 35.6 Å². The minimum Gasteiger partial charge on any atom is -0.497 e. The monoisotopic (exact) mass is 856 g/mol. The van der Waals surface area contributed by atoms with E-state index < -0.39 is 19.8 Å². The van der Waals surface area contributed by atoms with Gasteiger partial charge < -0.3 is 44.8 Å². The van der Waals surface area contributed by atoms with Gasteiger partial charge in [0, 0.05) is 55.6 Å². The third-order valence-electron chi connectivity index (χ3n) is 14.2. The molecule has 0 bridgehead atoms. The molecule has 9 rings (SSSR count). The summed E-state index contributed by atoms with van der Waals surface area (Å²) < 4.78 is 13.0. The summed E-state index contributed by atoms with van der Waals surface area (Å²) in [6.07, 6.45) is -0.0529. The zero-order valence-electron chi connectivity index (χ0n) is 35.9. The molecule has 5 heterocycles. The van der Waals surface area contributed by atoms with Gasteiger partial charge in [-0.2, -0.15) is 0 Å². The SMILES string of the molecule is COc1ccc([Si](C)(C)[C@@H]2[C@@H](CC(=O)N3Cc4ccccc4C[C@H]3CO)O[C@]3(C(=O)N(Cc4ccc(N5CCNCC5=O)cc4)c4ccc(N5CCNCC5=O)cc43)[C@H]2C)cc1. The molecule has 3 N–H and O–H groups in total. The lowest BCUT2D eigenvalue weighted by atomic mass is 9.82. The predicted molar refractivity (Wildman–Crippen MR) is 240 cm³/mol. The number of piperazine rings is 2. The summed E-state index contributed by atoms with van der Waals surface area (Å²) in [5.74, 6) is 0.00202. The summed E-state index contributed by atoms with van der Waals surface area (Å²) in [4.78, 5) is 63.6. The van der Waals surface area contributed by atoms with Crippen molar-refractivity contribution >= 4 is 54.0 Å². The van der Waals surface area contributed by atoms with Gasteiger partial charge in [-0.15, -0.1) is 0 Å². The maximum Gasteiger partial charge on any atom is 0.264 e. The fourth-order valence-corrected chi connectivity index (χ4v) is 14.9. The summed E-state index contributed by atoms with van der Waals surface area (Å²) >= 11 is 0. The van der Waals surface area contributed by atoms with Gasteiger partial charge in [-0.25, -0.2) is 0 Å². The molecular formula is C48H56N6O7Si. The number of anilines is 3. The molecule has 13 nitrogen and oxygen atoms in total. The van der Waals surface area contributed by atoms with Gasteiger partial charge in [0.2, 0.25) is 17.7 Å². The van der Waals surface area contributed by atoms with Gasteiger partial charge in [0.25, 0.3) is 5.91 Å². The molecule has 3 fully saturated rings. The van der Waals surface area contributed by atoms with Crippen molar-refractivity contribution in [3.8, 4) is 5.75 Å². The number of hydrogen-bond donors (Lipinski definition) is 3. The highest BCUT2D eigenvalue weighted by Gasteiger charge is 2.66. The van der Waals surface area contributed by atoms with E-state index in [0.717, 1.165) is 33.3 Å². The highest BCUT2D eigenvalue weighted by Crippen LogP contribution is 2.60. The second-order valence-corrected chi connectivity index (χ2v) is 22.6. The van der Waals surface area contributed by atoms with Gasteiger partial charge >= 0.3 is 0 Å². The zero-order valence-corrected chi connectivity index (χ0v) is 36.9. The topological polar surface area (TPSA) is 144 Å². The minimum atomic E-state index is -2.61. The van der Waals surface area contributed by atoms with Crippen LogP contribution in [0.4, 0.5) is 17.1 Å². The van der Waals surface area contributed by atoms with Crippen molar-refractivity contribution in [1.82, 2.24) is 15.5 Å². The Morgan fingerprint density at radius 3 is 2.16 bits per heavy atom. The van der Waals surface area contributed by atoms with E-state index in [-0.39, 0.29) is 67.2 Å². The van der Waals surface area contributed by atoms with Crippen molar-refractivity contribution in [1.29, 1.82) is 0 Å². The largest absolute Gasteiger partial charge is 0.497 e. The van der Waals surface area contributed by atoms with Crippen LogP contribution in [0.2, 0.25) is 18.6 Å². The molecule has 5 aliphatic rings. The Labute approximate surface area is 364 Å². The molecule has 0 saturated carbocycles. The first-order chi connectivity index (χ1) is 29.9. The molecule has 62 heavy (non-hydrogen) atoms. The molecule has 1 spiro atoms. The molecular weight excluding hydrogens is 801 g/mol. The van der Waals surface area contributed by atoms with Crippen LogP contribution in [-0.4, -0.2) is 107 Å². The van der Waals surface area contributed by atoms with Gasteiger partial charge in [-0.3, -0.25) is 19.2 Å². The normalized spacial score (nSPS) is 25.1. The molecule has 324 valence electrons. The molecule has 0 aliphatic carbocycles. The van der Waals surface area contributed by atoms with Crippen molar-refractivity contribution in [3.05, 3.63) is 113 Å². The number of benzene rings is 4. The Kier molecular flexibility index (Phi) is 11.3. The van der Waals surface area contributed by atoms with Crippen LogP contribution in [0.5, 0.6) is 5.75 Å². The fourth-order valence-electron chi connectivity index (χ4n) is 10.9. The molecule has 4 aromatic rings. The zero-order chi connectivity index (χ0) is 43.3. The van der Waals surface area contributed by atoms with Crippen molar-refractivity contribution in [2.45, 2.75) is 69.2 Å². The molecule has 14 heteroatoms. The van der Waals surface area contributed by atoms with E-state index in [1.807, 2.05) is 72.8 Å². The lowest BCUT2D eigenvalue weighted by Gasteiger charge is -2.39. The second-order valence-electron chi connectivity index (χ2n) is 17.9. The maximum atomic E-state index is 15.7. The third-order valence-corrected chi connectivity index (χ3v) is 18.5. The molecule has 3 saturated heterocycles. The number of fused-ring (bicyclic) bond motifs is 3. The van der Waals surface area contributed by atoms with E-state index in [1.165, 1.54) is 0 Å². The predicted octanol–water partition coefficient (Wildman–Crippen LogP) is 3.67. The minimum absolute atomic E-state index is 0.0152. The molecule has 0 radical (unpaired) electrons. The number of ether oxygens (including phenoxy) is 2. The van der Waals surface area contributed by atoms with Crippen molar-refractivity contribution in [3.63, 3.8) is 0 Å². The molecule has 0 unspecified atom stereocenters. The van der Waals surface area contributed by atoms with Gasteiger partial charge in [0.1, 0.15) is 5.75 Å². The lowest BCUT2D eigenvalue weighted by molar-refractivity contribution is -0.151. The summed E-state index contributed by atoms with van der Waals surface area (Å²) in [7, 11) is -0.968. The Morgan fingerprint density at radius 1 is 0.871 bits per heavy atom. The number of aliphatic hydroxyl groups excluding tert-OH is 1. The van der Waals surface area contributed by atoms with Crippen LogP contribution < -0.4 is 35.3 Å². The molecule has 4 amide bonds. The lowest BCUT2D eigenvalue weighted by Crippen LogP contribution is -2.52. The first-order valence-corrected chi connectivity index (χ1v) is 24.9. The van der Waals surface area contributed by atoms with Crippen LogP contribution >= 0.6 is 0 Å². The molecule has 0 aromatic heterocycles. The quantitative estimate of drug-likeness (QED) is 0.204. The highest BCUT2D eigenvalue weighted by molar-refractivity contribution is 6.91. The first-order valence-electron chi connectivity index (χ1n) is 21.8. The van der Waals surface area contributed by atoms with Gasteiger partial charge in [-0.05, 0) is 71.1 Å². The molecule has 5 atom stereocenters.